The average molecular weight is 248 g/mol. The predicted octanol–water partition coefficient (Wildman–Crippen LogP) is 0.585. The van der Waals surface area contributed by atoms with Gasteiger partial charge in [-0.1, -0.05) is 0 Å². The number of halogens is 2. The minimum Gasteiger partial charge on any atom is -0.466 e. The normalized spacial score (nSPS) is 10.8. The van der Waals surface area contributed by atoms with E-state index in [0.29, 0.717) is 6.08 Å². The monoisotopic (exact) mass is 248 g/mol. The lowest BCUT2D eigenvalue weighted by Gasteiger charge is -2.01. The maximum atomic E-state index is 12.6. The van der Waals surface area contributed by atoms with E-state index in [1.54, 1.807) is 0 Å². The van der Waals surface area contributed by atoms with E-state index in [-0.39, 0.29) is 6.61 Å². The van der Waals surface area contributed by atoms with Crippen LogP contribution in [0.25, 0.3) is 5.53 Å². The Hall–Kier alpha value is -2.08. The summed E-state index contributed by atoms with van der Waals surface area (Å²) in [5.41, 5.74) is 6.38. The fourth-order valence-electron chi connectivity index (χ4n) is 0.836. The second-order valence-electron chi connectivity index (χ2n) is 2.59. The quantitative estimate of drug-likeness (QED) is 0.234. The van der Waals surface area contributed by atoms with E-state index in [4.69, 9.17) is 5.53 Å². The Bertz CT molecular complexity index is 386. The van der Waals surface area contributed by atoms with Gasteiger partial charge in [0.15, 0.2) is 0 Å². The number of carbonyl (C=O) groups is 2. The second-order valence-corrected chi connectivity index (χ2v) is 2.59. The van der Waals surface area contributed by atoms with Gasteiger partial charge < -0.3 is 15.0 Å². The molecule has 0 radical (unpaired) electrons. The van der Waals surface area contributed by atoms with Crippen molar-refractivity contribution in [3.05, 3.63) is 17.2 Å². The lowest BCUT2D eigenvalue weighted by atomic mass is 10.1. The summed E-state index contributed by atoms with van der Waals surface area (Å²) in [6.07, 6.45) is -2.83. The Morgan fingerprint density at radius 1 is 1.47 bits per heavy atom. The molecule has 0 aliphatic rings. The van der Waals surface area contributed by atoms with Crippen molar-refractivity contribution in [1.29, 1.82) is 0 Å². The third-order valence-corrected chi connectivity index (χ3v) is 1.55. The van der Waals surface area contributed by atoms with Crippen molar-refractivity contribution < 1.29 is 32.6 Å². The van der Waals surface area contributed by atoms with Gasteiger partial charge in [-0.25, -0.2) is 18.4 Å². The number of carbonyl (C=O) groups excluding carboxylic acids is 2. The Balaban J connectivity index is 5.31. The van der Waals surface area contributed by atoms with Crippen LogP contribution in [-0.2, 0) is 19.1 Å². The number of esters is 2. The van der Waals surface area contributed by atoms with Crippen LogP contribution in [0.5, 0.6) is 0 Å². The maximum absolute atomic E-state index is 12.6. The molecule has 0 aromatic rings. The zero-order valence-corrected chi connectivity index (χ0v) is 9.15. The standard InChI is InChI=1S/C9H10F2N2O4/c1-3-17-9(15)7(13-12)5(8(10)11)4-6(14)16-2/h4,8H,3H2,1-2H3/b5-4+. The molecule has 0 aliphatic heterocycles. The number of methoxy groups -OCH3 is 1. The van der Waals surface area contributed by atoms with E-state index in [2.05, 4.69) is 14.3 Å². The Morgan fingerprint density at radius 2 is 2.06 bits per heavy atom. The maximum Gasteiger partial charge on any atom is 0.422 e. The SMILES string of the molecule is CCOC(=O)C(=[N+]=[N-])/C(=C\C(=O)OC)C(F)F. The molecular formula is C9H10F2N2O4. The van der Waals surface area contributed by atoms with Crippen LogP contribution >= 0.6 is 0 Å². The van der Waals surface area contributed by atoms with Crippen LogP contribution in [-0.4, -0.2) is 42.6 Å². The molecule has 94 valence electrons. The van der Waals surface area contributed by atoms with Crippen LogP contribution in [0, 0.1) is 0 Å². The van der Waals surface area contributed by atoms with Gasteiger partial charge in [-0.15, -0.1) is 0 Å². The predicted molar refractivity (Wildman–Crippen MR) is 51.4 cm³/mol. The van der Waals surface area contributed by atoms with E-state index < -0.39 is 29.6 Å². The average Bonchev–Trinajstić information content (AvgIpc) is 2.28. The molecule has 0 unspecified atom stereocenters. The first-order valence-corrected chi connectivity index (χ1v) is 4.45. The minimum absolute atomic E-state index is 0.0907. The number of rotatable bonds is 5. The van der Waals surface area contributed by atoms with Gasteiger partial charge in [0.25, 0.3) is 6.43 Å². The molecule has 0 aromatic carbocycles. The van der Waals surface area contributed by atoms with Gasteiger partial charge in [0, 0.05) is 6.08 Å². The summed E-state index contributed by atoms with van der Waals surface area (Å²) >= 11 is 0. The van der Waals surface area contributed by atoms with Crippen molar-refractivity contribution >= 4 is 17.7 Å². The number of ether oxygens (including phenoxy) is 2. The molecule has 0 amide bonds. The molecule has 0 N–H and O–H groups in total. The van der Waals surface area contributed by atoms with Crippen molar-refractivity contribution in [3.63, 3.8) is 0 Å². The molecule has 6 nitrogen and oxygen atoms in total. The fourth-order valence-corrected chi connectivity index (χ4v) is 0.836. The first-order chi connectivity index (χ1) is 7.97. The van der Waals surface area contributed by atoms with Gasteiger partial charge in [0.1, 0.15) is 5.57 Å². The molecule has 0 atom stereocenters. The summed E-state index contributed by atoms with van der Waals surface area (Å²) in [6, 6.07) is 0. The summed E-state index contributed by atoms with van der Waals surface area (Å²) in [4.78, 5) is 24.4. The topological polar surface area (TPSA) is 89.0 Å². The van der Waals surface area contributed by atoms with Crippen LogP contribution in [0.15, 0.2) is 11.6 Å². The highest BCUT2D eigenvalue weighted by molar-refractivity contribution is 6.41. The second kappa shape index (κ2) is 7.24. The smallest absolute Gasteiger partial charge is 0.422 e. The van der Waals surface area contributed by atoms with Crippen molar-refractivity contribution in [3.8, 4) is 0 Å². The highest BCUT2D eigenvalue weighted by Gasteiger charge is 2.34. The summed E-state index contributed by atoms with van der Waals surface area (Å²) in [7, 11) is 0.974. The first kappa shape index (κ1) is 14.9. The Kier molecular flexibility index (Phi) is 6.35. The molecule has 0 aliphatic carbocycles. The van der Waals surface area contributed by atoms with Crippen molar-refractivity contribution in [1.82, 2.24) is 0 Å². The van der Waals surface area contributed by atoms with Gasteiger partial charge in [-0.2, -0.15) is 4.79 Å². The third-order valence-electron chi connectivity index (χ3n) is 1.55. The zero-order chi connectivity index (χ0) is 13.4. The van der Waals surface area contributed by atoms with Crippen molar-refractivity contribution in [2.24, 2.45) is 0 Å². The van der Waals surface area contributed by atoms with E-state index in [1.165, 1.54) is 6.92 Å². The summed E-state index contributed by atoms with van der Waals surface area (Å²) in [5.74, 6) is -2.36. The summed E-state index contributed by atoms with van der Waals surface area (Å²) < 4.78 is 33.6. The molecule has 0 spiro atoms. The molecule has 8 heteroatoms. The lowest BCUT2D eigenvalue weighted by molar-refractivity contribution is -0.139. The van der Waals surface area contributed by atoms with E-state index in [0.717, 1.165) is 7.11 Å². The molecule has 0 aromatic heterocycles. The molecule has 0 heterocycles. The lowest BCUT2D eigenvalue weighted by Crippen LogP contribution is -2.25. The largest absolute Gasteiger partial charge is 0.466 e. The van der Waals surface area contributed by atoms with Gasteiger partial charge in [0.2, 0.25) is 0 Å². The van der Waals surface area contributed by atoms with E-state index in [1.807, 2.05) is 0 Å². The van der Waals surface area contributed by atoms with Crippen LogP contribution in [0.1, 0.15) is 6.92 Å². The zero-order valence-electron chi connectivity index (χ0n) is 9.15. The molecule has 17 heavy (non-hydrogen) atoms. The molecule has 0 fully saturated rings. The van der Waals surface area contributed by atoms with Gasteiger partial charge >= 0.3 is 17.7 Å². The Morgan fingerprint density at radius 3 is 2.41 bits per heavy atom. The Labute approximate surface area is 95.4 Å². The van der Waals surface area contributed by atoms with Gasteiger partial charge in [-0.05, 0) is 6.92 Å². The van der Waals surface area contributed by atoms with E-state index in [9.17, 15) is 18.4 Å². The van der Waals surface area contributed by atoms with Crippen LogP contribution in [0.4, 0.5) is 8.78 Å². The molecular weight excluding hydrogens is 238 g/mol. The molecule has 0 bridgehead atoms. The van der Waals surface area contributed by atoms with E-state index >= 15 is 0 Å². The van der Waals surface area contributed by atoms with Crippen molar-refractivity contribution in [2.75, 3.05) is 13.7 Å². The highest BCUT2D eigenvalue weighted by Crippen LogP contribution is 2.11. The van der Waals surface area contributed by atoms with Crippen LogP contribution in [0.2, 0.25) is 0 Å². The van der Waals surface area contributed by atoms with Crippen LogP contribution < -0.4 is 0 Å². The molecule has 0 saturated heterocycles. The summed E-state index contributed by atoms with van der Waals surface area (Å²) in [6.45, 7) is 1.35. The number of nitrogens with zero attached hydrogens (tertiary/aromatic N) is 2. The molecule has 0 saturated carbocycles. The number of hydrogen-bond donors (Lipinski definition) is 0. The first-order valence-electron chi connectivity index (χ1n) is 4.45. The molecule has 0 rings (SSSR count). The van der Waals surface area contributed by atoms with Gasteiger partial charge in [0.05, 0.1) is 13.7 Å². The van der Waals surface area contributed by atoms with Crippen molar-refractivity contribution in [2.45, 2.75) is 13.3 Å². The highest BCUT2D eigenvalue weighted by atomic mass is 19.3. The minimum atomic E-state index is -3.19. The number of alkyl halides is 2. The van der Waals surface area contributed by atoms with Crippen LogP contribution in [0.3, 0.4) is 0 Å². The summed E-state index contributed by atoms with van der Waals surface area (Å²) in [5, 5.41) is 0. The van der Waals surface area contributed by atoms with Gasteiger partial charge in [-0.3, -0.25) is 0 Å². The fraction of sp³-hybridized carbons (Fsp3) is 0.444. The number of hydrogen-bond acceptors (Lipinski definition) is 4. The third kappa shape index (κ3) is 4.52.